The van der Waals surface area contributed by atoms with Crippen LogP contribution in [-0.4, -0.2) is 79.2 Å². The van der Waals surface area contributed by atoms with E-state index in [1.54, 1.807) is 84.2 Å². The second kappa shape index (κ2) is 14.1. The average molecular weight is 750 g/mol. The van der Waals surface area contributed by atoms with Crippen LogP contribution >= 0.6 is 11.6 Å². The summed E-state index contributed by atoms with van der Waals surface area (Å²) in [5, 5.41) is 3.16. The van der Waals surface area contributed by atoms with Gasteiger partial charge in [-0.1, -0.05) is 24.9 Å². The number of likely N-dealkylation sites (tertiary alicyclic amines) is 1. The SMILES string of the molecule is CC[C@@H]1CN(C(=O)NCC(F)(F)F)C[C@@H]1c1cnc2cnc3c(ccn3COC(=O)Cc3c(C)n(C(=O)c4ccc(Cl)cc4)c4ccc(OC)cc34)n12. The number of nitrogens with zero attached hydrogens (tertiary/aromatic N) is 6. The Hall–Kier alpha value is -5.57. The number of esters is 1. The molecule has 7 rings (SSSR count). The fraction of sp³-hybridized carbons (Fsp3) is 0.324. The standard InChI is InChI=1S/C37H35ClF3N7O5/c1-4-22-17-46(36(51)44-19-37(39,40)41)18-28(22)31-15-42-32-16-43-34-30(48(31)32)11-12-45(34)20-53-33(49)14-26-21(2)47(29-10-9-25(52-3)13-27(26)29)35(50)23-5-7-24(38)8-6-23/h5-13,15-16,22,28H,4,14,17-20H2,1-3H3,(H,44,51)/t22-,28+/m1/s1. The molecule has 0 radical (unpaired) electrons. The van der Waals surface area contributed by atoms with Crippen molar-refractivity contribution in [2.45, 2.75) is 45.5 Å². The highest BCUT2D eigenvalue weighted by atomic mass is 35.5. The van der Waals surface area contributed by atoms with Gasteiger partial charge in [0.15, 0.2) is 18.0 Å². The highest BCUT2D eigenvalue weighted by molar-refractivity contribution is 6.30. The van der Waals surface area contributed by atoms with E-state index in [1.807, 2.05) is 22.7 Å². The van der Waals surface area contributed by atoms with Crippen molar-refractivity contribution in [2.75, 3.05) is 26.7 Å². The number of carbonyl (C=O) groups excluding carboxylic acids is 3. The first-order valence-corrected chi connectivity index (χ1v) is 17.3. The van der Waals surface area contributed by atoms with Gasteiger partial charge in [-0.25, -0.2) is 14.8 Å². The Labute approximate surface area is 306 Å². The fourth-order valence-electron chi connectivity index (χ4n) is 7.19. The van der Waals surface area contributed by atoms with Gasteiger partial charge in [-0.15, -0.1) is 0 Å². The molecule has 0 bridgehead atoms. The maximum atomic E-state index is 13.7. The van der Waals surface area contributed by atoms with E-state index in [9.17, 15) is 27.6 Å². The number of nitrogens with one attached hydrogen (secondary N) is 1. The number of methoxy groups -OCH3 is 1. The smallest absolute Gasteiger partial charge is 0.405 e. The van der Waals surface area contributed by atoms with Crippen LogP contribution in [0, 0.1) is 12.8 Å². The molecule has 2 atom stereocenters. The number of carbonyl (C=O) groups is 3. The number of aromatic nitrogens is 5. The van der Waals surface area contributed by atoms with E-state index >= 15 is 0 Å². The van der Waals surface area contributed by atoms with Gasteiger partial charge in [0.05, 0.1) is 30.8 Å². The maximum Gasteiger partial charge on any atom is 0.405 e. The lowest BCUT2D eigenvalue weighted by Gasteiger charge is -2.18. The zero-order valence-corrected chi connectivity index (χ0v) is 29.7. The monoisotopic (exact) mass is 749 g/mol. The molecule has 2 aromatic carbocycles. The normalized spacial score (nSPS) is 16.2. The third-order valence-corrected chi connectivity index (χ3v) is 10.1. The van der Waals surface area contributed by atoms with Crippen molar-refractivity contribution in [1.29, 1.82) is 0 Å². The third-order valence-electron chi connectivity index (χ3n) is 9.87. The Balaban J connectivity index is 1.12. The van der Waals surface area contributed by atoms with Crippen LogP contribution in [0.3, 0.4) is 0 Å². The molecule has 53 heavy (non-hydrogen) atoms. The number of amides is 2. The van der Waals surface area contributed by atoms with Crippen molar-refractivity contribution >= 4 is 57.2 Å². The summed E-state index contributed by atoms with van der Waals surface area (Å²) in [4.78, 5) is 50.2. The molecule has 6 aromatic rings. The Morgan fingerprint density at radius 1 is 1.02 bits per heavy atom. The molecule has 16 heteroatoms. The molecule has 2 amide bonds. The van der Waals surface area contributed by atoms with Crippen molar-refractivity contribution in [3.05, 3.63) is 94.7 Å². The molecule has 1 N–H and O–H groups in total. The van der Waals surface area contributed by atoms with E-state index in [0.717, 1.165) is 5.69 Å². The van der Waals surface area contributed by atoms with Crippen LogP contribution in [-0.2, 0) is 22.7 Å². The minimum atomic E-state index is -4.51. The molecule has 0 unspecified atom stereocenters. The van der Waals surface area contributed by atoms with E-state index < -0.39 is 24.7 Å². The lowest BCUT2D eigenvalue weighted by atomic mass is 9.91. The summed E-state index contributed by atoms with van der Waals surface area (Å²) in [6, 6.07) is 13.0. The Morgan fingerprint density at radius 2 is 1.79 bits per heavy atom. The van der Waals surface area contributed by atoms with E-state index in [2.05, 4.69) is 9.97 Å². The minimum absolute atomic E-state index is 0.00588. The van der Waals surface area contributed by atoms with Gasteiger partial charge in [0.1, 0.15) is 12.3 Å². The maximum absolute atomic E-state index is 13.7. The molecule has 12 nitrogen and oxygen atoms in total. The summed E-state index contributed by atoms with van der Waals surface area (Å²) < 4.78 is 54.6. The lowest BCUT2D eigenvalue weighted by molar-refractivity contribution is -0.146. The molecular formula is C37H35ClF3N7O5. The fourth-order valence-corrected chi connectivity index (χ4v) is 7.32. The highest BCUT2D eigenvalue weighted by Gasteiger charge is 2.38. The average Bonchev–Trinajstić information content (AvgIpc) is 3.92. The van der Waals surface area contributed by atoms with Crippen molar-refractivity contribution in [1.82, 2.24) is 33.7 Å². The summed E-state index contributed by atoms with van der Waals surface area (Å²) in [7, 11) is 1.54. The minimum Gasteiger partial charge on any atom is -0.497 e. The van der Waals surface area contributed by atoms with E-state index in [0.29, 0.717) is 68.3 Å². The molecule has 0 saturated carbocycles. The zero-order chi connectivity index (χ0) is 37.6. The Bertz CT molecular complexity index is 2370. The molecule has 276 valence electrons. The largest absolute Gasteiger partial charge is 0.497 e. The summed E-state index contributed by atoms with van der Waals surface area (Å²) in [5.41, 5.74) is 4.82. The lowest BCUT2D eigenvalue weighted by Crippen LogP contribution is -2.42. The molecule has 0 spiro atoms. The Kier molecular flexibility index (Phi) is 9.53. The van der Waals surface area contributed by atoms with Gasteiger partial charge in [0.25, 0.3) is 5.91 Å². The van der Waals surface area contributed by atoms with Crippen LogP contribution in [0.5, 0.6) is 5.75 Å². The van der Waals surface area contributed by atoms with Crippen LogP contribution in [0.15, 0.2) is 67.1 Å². The van der Waals surface area contributed by atoms with Gasteiger partial charge >= 0.3 is 18.2 Å². The molecule has 1 aliphatic rings. The van der Waals surface area contributed by atoms with Crippen LogP contribution in [0.4, 0.5) is 18.0 Å². The molecule has 1 aliphatic heterocycles. The summed E-state index contributed by atoms with van der Waals surface area (Å²) >= 11 is 6.05. The van der Waals surface area contributed by atoms with Crippen molar-refractivity contribution in [3.8, 4) is 5.75 Å². The molecule has 5 heterocycles. The Morgan fingerprint density at radius 3 is 2.51 bits per heavy atom. The van der Waals surface area contributed by atoms with E-state index in [4.69, 9.17) is 21.1 Å². The number of halogens is 4. The summed E-state index contributed by atoms with van der Waals surface area (Å²) in [6.07, 6.45) is 1.12. The van der Waals surface area contributed by atoms with Gasteiger partial charge in [0, 0.05) is 58.8 Å². The number of alkyl halides is 3. The van der Waals surface area contributed by atoms with Crippen LogP contribution in [0.1, 0.15) is 46.6 Å². The van der Waals surface area contributed by atoms with E-state index in [1.165, 1.54) is 4.90 Å². The predicted molar refractivity (Wildman–Crippen MR) is 190 cm³/mol. The van der Waals surface area contributed by atoms with Crippen molar-refractivity contribution in [3.63, 3.8) is 0 Å². The molecular weight excluding hydrogens is 715 g/mol. The molecule has 1 fully saturated rings. The number of fused-ring (bicyclic) bond motifs is 4. The second-order valence-electron chi connectivity index (χ2n) is 13.0. The molecule has 1 saturated heterocycles. The summed E-state index contributed by atoms with van der Waals surface area (Å²) in [6.45, 7) is 2.75. The molecule has 4 aromatic heterocycles. The number of hydrogen-bond donors (Lipinski definition) is 1. The van der Waals surface area contributed by atoms with Crippen molar-refractivity contribution in [2.24, 2.45) is 5.92 Å². The van der Waals surface area contributed by atoms with Gasteiger partial charge in [-0.2, -0.15) is 13.2 Å². The number of rotatable bonds is 9. The zero-order valence-electron chi connectivity index (χ0n) is 29.0. The number of ether oxygens (including phenoxy) is 2. The first kappa shape index (κ1) is 35.8. The van der Waals surface area contributed by atoms with Crippen molar-refractivity contribution < 1.29 is 37.0 Å². The number of benzene rings is 2. The second-order valence-corrected chi connectivity index (χ2v) is 13.4. The van der Waals surface area contributed by atoms with Crippen LogP contribution in [0.2, 0.25) is 5.02 Å². The van der Waals surface area contributed by atoms with Gasteiger partial charge in [-0.3, -0.25) is 23.1 Å². The van der Waals surface area contributed by atoms with Gasteiger partial charge < -0.3 is 19.7 Å². The van der Waals surface area contributed by atoms with Gasteiger partial charge in [0.2, 0.25) is 0 Å². The topological polar surface area (TPSA) is 125 Å². The first-order chi connectivity index (χ1) is 25.4. The predicted octanol–water partition coefficient (Wildman–Crippen LogP) is 6.74. The van der Waals surface area contributed by atoms with Crippen LogP contribution in [0.25, 0.3) is 27.7 Å². The number of hydrogen-bond acceptors (Lipinski definition) is 7. The number of imidazole rings is 1. The quantitative estimate of drug-likeness (QED) is 0.163. The van der Waals surface area contributed by atoms with E-state index in [-0.39, 0.29) is 37.4 Å². The summed E-state index contributed by atoms with van der Waals surface area (Å²) in [5.74, 6) is -0.425. The van der Waals surface area contributed by atoms with Gasteiger partial charge in [-0.05, 0) is 66.9 Å². The van der Waals surface area contributed by atoms with Crippen LogP contribution < -0.4 is 10.1 Å². The number of urea groups is 1. The molecule has 0 aliphatic carbocycles. The highest BCUT2D eigenvalue weighted by Crippen LogP contribution is 2.36. The first-order valence-electron chi connectivity index (χ1n) is 16.9. The third kappa shape index (κ3) is 6.88.